The van der Waals surface area contributed by atoms with Crippen LogP contribution in [0.3, 0.4) is 0 Å². The Morgan fingerprint density at radius 3 is 2.59 bits per heavy atom. The van der Waals surface area contributed by atoms with E-state index in [0.29, 0.717) is 5.56 Å². The van der Waals surface area contributed by atoms with Gasteiger partial charge in [0.25, 0.3) is 11.2 Å². The zero-order valence-corrected chi connectivity index (χ0v) is 14.7. The molecule has 0 spiro atoms. The fraction of sp³-hybridized carbons (Fsp3) is 0.111. The number of nitro groups is 1. The van der Waals surface area contributed by atoms with E-state index >= 15 is 0 Å². The van der Waals surface area contributed by atoms with E-state index in [4.69, 9.17) is 0 Å². The summed E-state index contributed by atoms with van der Waals surface area (Å²) in [6.45, 7) is -0.371. The first-order valence-electron chi connectivity index (χ1n) is 7.87. The van der Waals surface area contributed by atoms with Crippen molar-refractivity contribution in [1.29, 1.82) is 0 Å². The van der Waals surface area contributed by atoms with Crippen LogP contribution in [0, 0.1) is 15.9 Å². The molecule has 1 atom stereocenters. The Bertz CT molecular complexity index is 1020. The zero-order valence-electron chi connectivity index (χ0n) is 13.9. The predicted octanol–water partition coefficient (Wildman–Crippen LogP) is 2.86. The van der Waals surface area contributed by atoms with Crippen LogP contribution in [0.1, 0.15) is 16.5 Å². The summed E-state index contributed by atoms with van der Waals surface area (Å²) in [5, 5.41) is 15.5. The summed E-state index contributed by atoms with van der Waals surface area (Å²) >= 11 is 1.42. The maximum Gasteiger partial charge on any atom is 0.285 e. The lowest BCUT2D eigenvalue weighted by molar-refractivity contribution is -0.385. The van der Waals surface area contributed by atoms with Gasteiger partial charge in [-0.05, 0) is 29.1 Å². The third-order valence-corrected chi connectivity index (χ3v) is 4.77. The smallest absolute Gasteiger partial charge is 0.285 e. The van der Waals surface area contributed by atoms with Crippen molar-refractivity contribution in [2.45, 2.75) is 12.6 Å². The van der Waals surface area contributed by atoms with Crippen molar-refractivity contribution >= 4 is 22.9 Å². The summed E-state index contributed by atoms with van der Waals surface area (Å²) in [4.78, 5) is 35.4. The molecule has 7 nitrogen and oxygen atoms in total. The zero-order chi connectivity index (χ0) is 19.4. The summed E-state index contributed by atoms with van der Waals surface area (Å²) in [5.41, 5.74) is -0.125. The van der Waals surface area contributed by atoms with Crippen LogP contribution >= 0.6 is 11.3 Å². The van der Waals surface area contributed by atoms with Crippen molar-refractivity contribution < 1.29 is 14.1 Å². The molecule has 138 valence electrons. The fourth-order valence-electron chi connectivity index (χ4n) is 2.54. The quantitative estimate of drug-likeness (QED) is 0.520. The second kappa shape index (κ2) is 7.92. The van der Waals surface area contributed by atoms with Gasteiger partial charge in [-0.1, -0.05) is 18.2 Å². The average Bonchev–Trinajstić information content (AvgIpc) is 3.16. The highest BCUT2D eigenvalue weighted by molar-refractivity contribution is 7.10. The van der Waals surface area contributed by atoms with Crippen LogP contribution in [-0.4, -0.2) is 15.4 Å². The molecule has 0 aliphatic heterocycles. The lowest BCUT2D eigenvalue weighted by Crippen LogP contribution is -2.34. The molecule has 0 aliphatic rings. The van der Waals surface area contributed by atoms with Crippen LogP contribution in [0.2, 0.25) is 0 Å². The van der Waals surface area contributed by atoms with E-state index in [1.165, 1.54) is 23.5 Å². The van der Waals surface area contributed by atoms with E-state index < -0.39 is 28.2 Å². The summed E-state index contributed by atoms with van der Waals surface area (Å²) in [5.74, 6) is -0.890. The number of hydrogen-bond donors (Lipinski definition) is 1. The van der Waals surface area contributed by atoms with Gasteiger partial charge in [-0.15, -0.1) is 11.3 Å². The minimum absolute atomic E-state index is 0.282. The van der Waals surface area contributed by atoms with Crippen LogP contribution in [0.25, 0.3) is 0 Å². The molecule has 0 saturated carbocycles. The van der Waals surface area contributed by atoms with Gasteiger partial charge in [-0.25, -0.2) is 4.39 Å². The number of nitrogens with zero attached hydrogens (tertiary/aromatic N) is 2. The molecule has 3 aromatic rings. The van der Waals surface area contributed by atoms with Gasteiger partial charge in [0, 0.05) is 17.0 Å². The summed E-state index contributed by atoms with van der Waals surface area (Å²) in [7, 11) is 0. The van der Waals surface area contributed by atoms with Crippen molar-refractivity contribution in [2.75, 3.05) is 0 Å². The van der Waals surface area contributed by atoms with Crippen molar-refractivity contribution in [3.63, 3.8) is 0 Å². The molecule has 1 N–H and O–H groups in total. The minimum atomic E-state index is -0.638. The molecule has 27 heavy (non-hydrogen) atoms. The van der Waals surface area contributed by atoms with E-state index in [1.54, 1.807) is 12.1 Å². The topological polar surface area (TPSA) is 94.2 Å². The molecule has 2 aromatic heterocycles. The average molecular weight is 387 g/mol. The molecule has 3 rings (SSSR count). The van der Waals surface area contributed by atoms with Crippen LogP contribution in [-0.2, 0) is 11.3 Å². The monoisotopic (exact) mass is 387 g/mol. The van der Waals surface area contributed by atoms with E-state index in [2.05, 4.69) is 5.32 Å². The molecule has 1 amide bonds. The van der Waals surface area contributed by atoms with E-state index in [-0.39, 0.29) is 12.2 Å². The first-order valence-corrected chi connectivity index (χ1v) is 8.75. The number of aromatic nitrogens is 1. The summed E-state index contributed by atoms with van der Waals surface area (Å²) < 4.78 is 14.2. The SMILES string of the molecule is O=C(Cn1cc([N+](=O)[O-])ccc1=O)NC(c1ccc(F)cc1)c1cccs1. The van der Waals surface area contributed by atoms with Gasteiger partial charge in [0.05, 0.1) is 17.2 Å². The predicted molar refractivity (Wildman–Crippen MR) is 98.1 cm³/mol. The number of halogens is 1. The second-order valence-electron chi connectivity index (χ2n) is 5.68. The molecule has 2 heterocycles. The highest BCUT2D eigenvalue weighted by atomic mass is 32.1. The molecule has 0 aliphatic carbocycles. The van der Waals surface area contributed by atoms with Gasteiger partial charge >= 0.3 is 0 Å². The van der Waals surface area contributed by atoms with Gasteiger partial charge in [-0.2, -0.15) is 0 Å². The van der Waals surface area contributed by atoms with Crippen molar-refractivity contribution in [2.24, 2.45) is 0 Å². The van der Waals surface area contributed by atoms with E-state index in [0.717, 1.165) is 27.8 Å². The summed E-state index contributed by atoms with van der Waals surface area (Å²) in [6.07, 6.45) is 1.03. The normalized spacial score (nSPS) is 11.7. The number of amides is 1. The number of carbonyl (C=O) groups is 1. The van der Waals surface area contributed by atoms with E-state index in [9.17, 15) is 24.1 Å². The van der Waals surface area contributed by atoms with Crippen molar-refractivity contribution in [3.8, 4) is 0 Å². The molecular formula is C18H14FN3O4S. The molecule has 0 radical (unpaired) electrons. The van der Waals surface area contributed by atoms with Gasteiger partial charge in [0.2, 0.25) is 5.91 Å². The third kappa shape index (κ3) is 4.45. The third-order valence-electron chi connectivity index (χ3n) is 3.83. The number of thiophene rings is 1. The van der Waals surface area contributed by atoms with Gasteiger partial charge in [-0.3, -0.25) is 24.3 Å². The molecule has 1 unspecified atom stereocenters. The lowest BCUT2D eigenvalue weighted by Gasteiger charge is -2.18. The fourth-order valence-corrected chi connectivity index (χ4v) is 3.34. The molecule has 0 bridgehead atoms. The first kappa shape index (κ1) is 18.5. The van der Waals surface area contributed by atoms with Crippen molar-refractivity contribution in [1.82, 2.24) is 9.88 Å². The Balaban J connectivity index is 1.83. The molecule has 0 fully saturated rings. The van der Waals surface area contributed by atoms with Crippen LogP contribution in [0.5, 0.6) is 0 Å². The first-order chi connectivity index (χ1) is 12.9. The van der Waals surface area contributed by atoms with Crippen LogP contribution < -0.4 is 10.9 Å². The van der Waals surface area contributed by atoms with Gasteiger partial charge in [0.15, 0.2) is 0 Å². The van der Waals surface area contributed by atoms with Gasteiger partial charge in [0.1, 0.15) is 12.4 Å². The Morgan fingerprint density at radius 2 is 1.96 bits per heavy atom. The number of pyridine rings is 1. The number of benzene rings is 1. The minimum Gasteiger partial charge on any atom is -0.343 e. The summed E-state index contributed by atoms with van der Waals surface area (Å²) in [6, 6.07) is 11.0. The maximum atomic E-state index is 13.2. The maximum absolute atomic E-state index is 13.2. The Morgan fingerprint density at radius 1 is 1.22 bits per heavy atom. The van der Waals surface area contributed by atoms with Crippen LogP contribution in [0.4, 0.5) is 10.1 Å². The van der Waals surface area contributed by atoms with Crippen LogP contribution in [0.15, 0.2) is 64.9 Å². The highest BCUT2D eigenvalue weighted by Gasteiger charge is 2.19. The largest absolute Gasteiger partial charge is 0.343 e. The molecule has 1 aromatic carbocycles. The Kier molecular flexibility index (Phi) is 5.41. The number of carbonyl (C=O) groups excluding carboxylic acids is 1. The molecule has 0 saturated heterocycles. The van der Waals surface area contributed by atoms with Gasteiger partial charge < -0.3 is 5.32 Å². The number of rotatable bonds is 6. The highest BCUT2D eigenvalue weighted by Crippen LogP contribution is 2.26. The molecule has 9 heteroatoms. The second-order valence-corrected chi connectivity index (χ2v) is 6.66. The Hall–Kier alpha value is -3.33. The lowest BCUT2D eigenvalue weighted by atomic mass is 10.1. The Labute approximate surface area is 156 Å². The van der Waals surface area contributed by atoms with Crippen molar-refractivity contribution in [3.05, 3.63) is 96.8 Å². The number of hydrogen-bond acceptors (Lipinski definition) is 5. The van der Waals surface area contributed by atoms with E-state index in [1.807, 2.05) is 17.5 Å². The standard InChI is InChI=1S/C18H14FN3O4S/c19-13-5-3-12(4-6-13)18(15-2-1-9-27-15)20-16(23)11-21-10-14(22(25)26)7-8-17(21)24/h1-10,18H,11H2,(H,20,23). The molecular weight excluding hydrogens is 373 g/mol. The number of nitrogens with one attached hydrogen (secondary N) is 1.